The molecule has 2 amide bonds. The Morgan fingerprint density at radius 1 is 1.07 bits per heavy atom. The van der Waals surface area contributed by atoms with Crippen LogP contribution in [-0.4, -0.2) is 21.2 Å². The molecule has 2 heterocycles. The minimum absolute atomic E-state index is 0.219. The molecule has 3 aromatic rings. The van der Waals surface area contributed by atoms with Gasteiger partial charge in [0.1, 0.15) is 16.4 Å². The van der Waals surface area contributed by atoms with Gasteiger partial charge in [0.2, 0.25) is 5.91 Å². The number of pyridine rings is 1. The molecule has 1 aromatic carbocycles. The average Bonchev–Trinajstić information content (AvgIpc) is 3.12. The third-order valence-corrected chi connectivity index (χ3v) is 5.14. The molecular weight excluding hydrogens is 391 g/mol. The van der Waals surface area contributed by atoms with Crippen molar-refractivity contribution in [3.05, 3.63) is 64.9 Å². The first kappa shape index (κ1) is 20.6. The molecule has 0 aliphatic rings. The van der Waals surface area contributed by atoms with E-state index in [-0.39, 0.29) is 34.5 Å². The molecular formula is C21H21FN4O2S. The van der Waals surface area contributed by atoms with Gasteiger partial charge in [-0.25, -0.2) is 4.39 Å². The summed E-state index contributed by atoms with van der Waals surface area (Å²) in [5.74, 6) is -1.20. The summed E-state index contributed by atoms with van der Waals surface area (Å²) in [6.45, 7) is 5.34. The van der Waals surface area contributed by atoms with Crippen LogP contribution >= 0.6 is 11.5 Å². The minimum atomic E-state index is -0.374. The van der Waals surface area contributed by atoms with Crippen LogP contribution in [0.1, 0.15) is 42.0 Å². The van der Waals surface area contributed by atoms with Crippen LogP contribution in [0.4, 0.5) is 10.1 Å². The highest BCUT2D eigenvalue weighted by Gasteiger charge is 2.25. The second-order valence-electron chi connectivity index (χ2n) is 6.84. The van der Waals surface area contributed by atoms with Crippen LogP contribution in [0.15, 0.2) is 48.7 Å². The molecule has 0 aliphatic heterocycles. The summed E-state index contributed by atoms with van der Waals surface area (Å²) in [4.78, 5) is 29.8. The van der Waals surface area contributed by atoms with Crippen molar-refractivity contribution in [1.29, 1.82) is 0 Å². The van der Waals surface area contributed by atoms with Gasteiger partial charge < -0.3 is 10.6 Å². The summed E-state index contributed by atoms with van der Waals surface area (Å²) in [7, 11) is 0. The van der Waals surface area contributed by atoms with Crippen molar-refractivity contribution >= 4 is 29.0 Å². The van der Waals surface area contributed by atoms with Gasteiger partial charge in [0.25, 0.3) is 5.91 Å². The van der Waals surface area contributed by atoms with Crippen LogP contribution < -0.4 is 10.6 Å². The largest absolute Gasteiger partial charge is 0.345 e. The first-order valence-electron chi connectivity index (χ1n) is 9.15. The molecule has 1 atom stereocenters. The van der Waals surface area contributed by atoms with Gasteiger partial charge in [0.15, 0.2) is 0 Å². The van der Waals surface area contributed by atoms with Crippen LogP contribution in [0.3, 0.4) is 0 Å². The van der Waals surface area contributed by atoms with E-state index in [0.29, 0.717) is 17.1 Å². The number of carbonyl (C=O) groups is 2. The van der Waals surface area contributed by atoms with Crippen LogP contribution in [0.5, 0.6) is 0 Å². The Bertz CT molecular complexity index is 1000. The van der Waals surface area contributed by atoms with Crippen molar-refractivity contribution in [3.8, 4) is 11.4 Å². The van der Waals surface area contributed by atoms with Gasteiger partial charge in [-0.1, -0.05) is 32.0 Å². The van der Waals surface area contributed by atoms with Gasteiger partial charge in [-0.15, -0.1) is 0 Å². The van der Waals surface area contributed by atoms with E-state index >= 15 is 0 Å². The Balaban J connectivity index is 1.91. The number of hydrogen-bond acceptors (Lipinski definition) is 5. The van der Waals surface area contributed by atoms with Crippen LogP contribution in [0.2, 0.25) is 0 Å². The fourth-order valence-corrected chi connectivity index (χ4v) is 3.35. The lowest BCUT2D eigenvalue weighted by atomic mass is 10.1. The van der Waals surface area contributed by atoms with Gasteiger partial charge in [-0.2, -0.15) is 4.37 Å². The van der Waals surface area contributed by atoms with E-state index < -0.39 is 0 Å². The second kappa shape index (κ2) is 8.91. The van der Waals surface area contributed by atoms with E-state index in [9.17, 15) is 14.0 Å². The molecule has 0 saturated heterocycles. The molecule has 8 heteroatoms. The van der Waals surface area contributed by atoms with Gasteiger partial charge >= 0.3 is 0 Å². The number of benzene rings is 1. The number of anilines is 1. The molecule has 29 heavy (non-hydrogen) atoms. The normalized spacial score (nSPS) is 11.9. The van der Waals surface area contributed by atoms with E-state index in [1.165, 1.54) is 12.1 Å². The summed E-state index contributed by atoms with van der Waals surface area (Å²) in [6.07, 6.45) is 1.62. The SMILES string of the molecule is CC(C)C(=O)Nc1c(-c2ccccn2)nsc1C(=O)N[C@@H](C)c1ccc(F)cc1. The molecule has 0 bridgehead atoms. The first-order chi connectivity index (χ1) is 13.9. The summed E-state index contributed by atoms with van der Waals surface area (Å²) >= 11 is 0.996. The van der Waals surface area contributed by atoms with Gasteiger partial charge in [0.05, 0.1) is 17.4 Å². The zero-order valence-electron chi connectivity index (χ0n) is 16.3. The highest BCUT2D eigenvalue weighted by molar-refractivity contribution is 7.09. The molecule has 0 saturated carbocycles. The molecule has 3 rings (SSSR count). The van der Waals surface area contributed by atoms with Crippen molar-refractivity contribution in [3.63, 3.8) is 0 Å². The summed E-state index contributed by atoms with van der Waals surface area (Å²) in [5.41, 5.74) is 2.12. The monoisotopic (exact) mass is 412 g/mol. The van der Waals surface area contributed by atoms with E-state index in [2.05, 4.69) is 20.0 Å². The number of carbonyl (C=O) groups excluding carboxylic acids is 2. The number of nitrogens with one attached hydrogen (secondary N) is 2. The maximum absolute atomic E-state index is 13.1. The van der Waals surface area contributed by atoms with Crippen molar-refractivity contribution in [1.82, 2.24) is 14.7 Å². The maximum atomic E-state index is 13.1. The summed E-state index contributed by atoms with van der Waals surface area (Å²) in [6, 6.07) is 10.9. The Hall–Kier alpha value is -3.13. The number of halogens is 1. The van der Waals surface area contributed by atoms with Gasteiger partial charge in [0, 0.05) is 12.1 Å². The molecule has 2 aromatic heterocycles. The van der Waals surface area contributed by atoms with E-state index in [1.807, 2.05) is 6.07 Å². The van der Waals surface area contributed by atoms with Crippen LogP contribution in [0.25, 0.3) is 11.4 Å². The van der Waals surface area contributed by atoms with Crippen molar-refractivity contribution in [2.45, 2.75) is 26.8 Å². The van der Waals surface area contributed by atoms with Gasteiger partial charge in [-0.05, 0) is 48.3 Å². The quantitative estimate of drug-likeness (QED) is 0.627. The zero-order valence-corrected chi connectivity index (χ0v) is 17.1. The average molecular weight is 412 g/mol. The highest BCUT2D eigenvalue weighted by atomic mass is 32.1. The maximum Gasteiger partial charge on any atom is 0.265 e. The van der Waals surface area contributed by atoms with Crippen molar-refractivity contribution in [2.24, 2.45) is 5.92 Å². The fourth-order valence-electron chi connectivity index (χ4n) is 2.60. The van der Waals surface area contributed by atoms with E-state index in [4.69, 9.17) is 0 Å². The number of hydrogen-bond donors (Lipinski definition) is 2. The van der Waals surface area contributed by atoms with E-state index in [1.54, 1.807) is 51.2 Å². The molecule has 0 aliphatic carbocycles. The van der Waals surface area contributed by atoms with Crippen LogP contribution in [0, 0.1) is 11.7 Å². The Labute approximate surface area is 172 Å². The minimum Gasteiger partial charge on any atom is -0.345 e. The lowest BCUT2D eigenvalue weighted by Gasteiger charge is -2.15. The second-order valence-corrected chi connectivity index (χ2v) is 7.61. The molecule has 0 unspecified atom stereocenters. The molecule has 150 valence electrons. The number of rotatable bonds is 6. The summed E-state index contributed by atoms with van der Waals surface area (Å²) < 4.78 is 17.5. The third-order valence-electron chi connectivity index (χ3n) is 4.30. The molecule has 0 fully saturated rings. The zero-order chi connectivity index (χ0) is 21.0. The third kappa shape index (κ3) is 4.83. The van der Waals surface area contributed by atoms with Crippen LogP contribution in [-0.2, 0) is 4.79 Å². The predicted molar refractivity (Wildman–Crippen MR) is 111 cm³/mol. The van der Waals surface area contributed by atoms with Crippen molar-refractivity contribution < 1.29 is 14.0 Å². The topological polar surface area (TPSA) is 84.0 Å². The molecule has 6 nitrogen and oxygen atoms in total. The lowest BCUT2D eigenvalue weighted by Crippen LogP contribution is -2.27. The molecule has 0 radical (unpaired) electrons. The molecule has 0 spiro atoms. The predicted octanol–water partition coefficient (Wildman–Crippen LogP) is 4.43. The molecule has 2 N–H and O–H groups in total. The fraction of sp³-hybridized carbons (Fsp3) is 0.238. The number of amides is 2. The number of nitrogens with zero attached hydrogens (tertiary/aromatic N) is 2. The Kier molecular flexibility index (Phi) is 6.33. The highest BCUT2D eigenvalue weighted by Crippen LogP contribution is 2.33. The number of aromatic nitrogens is 2. The van der Waals surface area contributed by atoms with E-state index in [0.717, 1.165) is 17.1 Å². The smallest absolute Gasteiger partial charge is 0.265 e. The Morgan fingerprint density at radius 2 is 1.79 bits per heavy atom. The van der Waals surface area contributed by atoms with Crippen molar-refractivity contribution in [2.75, 3.05) is 5.32 Å². The van der Waals surface area contributed by atoms with Gasteiger partial charge in [-0.3, -0.25) is 14.6 Å². The lowest BCUT2D eigenvalue weighted by molar-refractivity contribution is -0.118. The standard InChI is InChI=1S/C21H21FN4O2S/c1-12(2)20(27)25-18-17(16-6-4-5-11-23-16)26-29-19(18)21(28)24-13(3)14-7-9-15(22)10-8-14/h4-13H,1-3H3,(H,24,28)(H,25,27)/t13-/m0/s1. The Morgan fingerprint density at radius 3 is 2.41 bits per heavy atom. The first-order valence-corrected chi connectivity index (χ1v) is 9.92. The summed E-state index contributed by atoms with van der Waals surface area (Å²) in [5, 5.41) is 5.69.